The molecule has 2 atom stereocenters. The molecule has 0 aliphatic carbocycles. The number of nitrogens with zero attached hydrogens (tertiary/aromatic N) is 7. The highest BCUT2D eigenvalue weighted by molar-refractivity contribution is 6.32. The number of anilines is 5. The van der Waals surface area contributed by atoms with Gasteiger partial charge in [0, 0.05) is 86.1 Å². The number of rotatable bonds is 10. The van der Waals surface area contributed by atoms with Crippen LogP contribution in [0.25, 0.3) is 17.0 Å². The molecule has 0 bridgehead atoms. The van der Waals surface area contributed by atoms with Gasteiger partial charge in [-0.15, -0.1) is 6.58 Å². The molecule has 4 aromatic rings. The molecule has 0 radical (unpaired) electrons. The lowest BCUT2D eigenvalue weighted by Gasteiger charge is -2.35. The highest BCUT2D eigenvalue weighted by Crippen LogP contribution is 2.40. The summed E-state index contributed by atoms with van der Waals surface area (Å²) < 4.78 is 2.03. The first-order valence-corrected chi connectivity index (χ1v) is 18.2. The van der Waals surface area contributed by atoms with Crippen molar-refractivity contribution in [1.29, 1.82) is 0 Å². The van der Waals surface area contributed by atoms with Crippen molar-refractivity contribution < 1.29 is 0 Å². The smallest absolute Gasteiger partial charge is 0.227 e. The lowest BCUT2D eigenvalue weighted by molar-refractivity contribution is 0.414. The molecular formula is C41H48ClN9. The predicted molar refractivity (Wildman–Crippen MR) is 214 cm³/mol. The van der Waals surface area contributed by atoms with Crippen LogP contribution >= 0.6 is 11.6 Å². The minimum Gasteiger partial charge on any atom is -0.373 e. The first-order valence-electron chi connectivity index (χ1n) is 17.8. The summed E-state index contributed by atoms with van der Waals surface area (Å²) in [5, 5.41) is 13.5. The van der Waals surface area contributed by atoms with Gasteiger partial charge >= 0.3 is 0 Å². The van der Waals surface area contributed by atoms with Crippen LogP contribution in [0.4, 0.5) is 28.8 Å². The van der Waals surface area contributed by atoms with Crippen LogP contribution in [-0.2, 0) is 7.05 Å². The van der Waals surface area contributed by atoms with E-state index in [4.69, 9.17) is 21.7 Å². The van der Waals surface area contributed by atoms with Crippen LogP contribution in [0.15, 0.2) is 97.7 Å². The Hall–Kier alpha value is -5.02. The number of allylic oxidation sites excluding steroid dienone is 4. The second kappa shape index (κ2) is 14.3. The summed E-state index contributed by atoms with van der Waals surface area (Å²) in [6.07, 6.45) is 11.8. The third-order valence-corrected chi connectivity index (χ3v) is 10.8. The maximum atomic E-state index is 6.67. The Morgan fingerprint density at radius 2 is 1.98 bits per heavy atom. The van der Waals surface area contributed by atoms with Crippen LogP contribution in [-0.4, -0.2) is 53.5 Å². The molecule has 3 aliphatic heterocycles. The van der Waals surface area contributed by atoms with Gasteiger partial charge in [0.15, 0.2) is 5.82 Å². The van der Waals surface area contributed by atoms with Crippen LogP contribution < -0.4 is 25.3 Å². The standard InChI is InChI=1S/C41H48ClN9/c1-8-9-13-30-21-31-22-32(17-19-36(31)49(6)28(30)4)45-40-35(42)23-43-41(46-40)51-20-11-12-29(25-51)24-48(5)37-15-10-14-34-38(47-50(7)39(34)37)33-18-16-26(2)44-27(33)3/h8,10,14-15,17,19,21-23,29,33,44H,1-4,9,11-13,16,18,20,24-25H2,5-7H3,(H,43,45,46). The Labute approximate surface area is 306 Å². The number of likely N-dealkylation sites (N-methyl/N-ethyl adjacent to an activating group) is 1. The van der Waals surface area contributed by atoms with Gasteiger partial charge in [0.25, 0.3) is 0 Å². The Bertz CT molecular complexity index is 2060. The largest absolute Gasteiger partial charge is 0.373 e. The molecule has 0 saturated carbocycles. The third kappa shape index (κ3) is 6.87. The Kier molecular flexibility index (Phi) is 9.66. The normalized spacial score (nSPS) is 19.1. The molecule has 9 nitrogen and oxygen atoms in total. The van der Waals surface area contributed by atoms with Gasteiger partial charge in [-0.3, -0.25) is 4.68 Å². The van der Waals surface area contributed by atoms with E-state index in [1.807, 2.05) is 17.8 Å². The van der Waals surface area contributed by atoms with Gasteiger partial charge < -0.3 is 25.3 Å². The minimum absolute atomic E-state index is 0.164. The quantitative estimate of drug-likeness (QED) is 0.159. The number of aryl methyl sites for hydroxylation is 1. The Balaban J connectivity index is 1.06. The highest BCUT2D eigenvalue weighted by Gasteiger charge is 2.28. The van der Waals surface area contributed by atoms with Crippen molar-refractivity contribution in [2.24, 2.45) is 13.0 Å². The summed E-state index contributed by atoms with van der Waals surface area (Å²) in [6, 6.07) is 12.9. The average Bonchev–Trinajstić information content (AvgIpc) is 3.46. The van der Waals surface area contributed by atoms with E-state index in [-0.39, 0.29) is 5.92 Å². The Morgan fingerprint density at radius 1 is 1.14 bits per heavy atom. The lowest BCUT2D eigenvalue weighted by atomic mass is 9.90. The van der Waals surface area contributed by atoms with Crippen LogP contribution in [0, 0.1) is 5.92 Å². The van der Waals surface area contributed by atoms with Gasteiger partial charge in [-0.25, -0.2) is 4.98 Å². The molecular weight excluding hydrogens is 654 g/mol. The second-order valence-corrected chi connectivity index (χ2v) is 14.5. The molecule has 2 fully saturated rings. The van der Waals surface area contributed by atoms with E-state index in [0.717, 1.165) is 103 Å². The zero-order valence-electron chi connectivity index (χ0n) is 30.1. The number of halogens is 1. The number of fused-ring (bicyclic) bond motifs is 2. The van der Waals surface area contributed by atoms with E-state index >= 15 is 0 Å². The molecule has 51 heavy (non-hydrogen) atoms. The number of aromatic nitrogens is 4. The maximum Gasteiger partial charge on any atom is 0.227 e. The molecule has 7 rings (SSSR count). The van der Waals surface area contributed by atoms with Crippen molar-refractivity contribution >= 4 is 57.4 Å². The maximum absolute atomic E-state index is 6.67. The van der Waals surface area contributed by atoms with Crippen molar-refractivity contribution in [3.8, 4) is 0 Å². The number of hydrogen-bond donors (Lipinski definition) is 2. The molecule has 0 amide bonds. The monoisotopic (exact) mass is 701 g/mol. The van der Waals surface area contributed by atoms with E-state index in [0.29, 0.717) is 22.7 Å². The van der Waals surface area contributed by atoms with E-state index in [2.05, 4.69) is 113 Å². The van der Waals surface area contributed by atoms with Crippen LogP contribution in [0.1, 0.15) is 55.7 Å². The first-order chi connectivity index (χ1) is 24.6. The van der Waals surface area contributed by atoms with E-state index in [1.54, 1.807) is 6.20 Å². The molecule has 2 aromatic carbocycles. The van der Waals surface area contributed by atoms with E-state index in [9.17, 15) is 0 Å². The Morgan fingerprint density at radius 3 is 2.78 bits per heavy atom. The lowest BCUT2D eigenvalue weighted by Crippen LogP contribution is -2.41. The molecule has 5 heterocycles. The van der Waals surface area contributed by atoms with Gasteiger partial charge in [0.05, 0.1) is 23.1 Å². The number of piperidine rings is 2. The van der Waals surface area contributed by atoms with Crippen molar-refractivity contribution in [3.05, 3.63) is 114 Å². The number of para-hydroxylation sites is 1. The molecule has 2 aromatic heterocycles. The summed E-state index contributed by atoms with van der Waals surface area (Å²) in [5.74, 6) is 1.89. The fourth-order valence-electron chi connectivity index (χ4n) is 7.86. The molecule has 0 spiro atoms. The van der Waals surface area contributed by atoms with Gasteiger partial charge in [-0.05, 0) is 80.4 Å². The van der Waals surface area contributed by atoms with E-state index < -0.39 is 0 Å². The van der Waals surface area contributed by atoms with Gasteiger partial charge in [-0.1, -0.05) is 49.5 Å². The third-order valence-electron chi connectivity index (χ3n) is 10.5. The number of hydrogen-bond acceptors (Lipinski definition) is 8. The molecule has 10 heteroatoms. The van der Waals surface area contributed by atoms with E-state index in [1.165, 1.54) is 16.6 Å². The van der Waals surface area contributed by atoms with Crippen LogP contribution in [0.3, 0.4) is 0 Å². The second-order valence-electron chi connectivity index (χ2n) is 14.1. The predicted octanol–water partition coefficient (Wildman–Crippen LogP) is 8.92. The fraction of sp³-hybridized carbons (Fsp3) is 0.341. The molecule has 2 unspecified atom stereocenters. The van der Waals surface area contributed by atoms with Crippen molar-refractivity contribution in [3.63, 3.8) is 0 Å². The zero-order valence-corrected chi connectivity index (χ0v) is 30.8. The van der Waals surface area contributed by atoms with Crippen molar-refractivity contribution in [1.82, 2.24) is 25.1 Å². The fourth-order valence-corrected chi connectivity index (χ4v) is 7.99. The highest BCUT2D eigenvalue weighted by atomic mass is 35.5. The summed E-state index contributed by atoms with van der Waals surface area (Å²) in [6.45, 7) is 19.3. The van der Waals surface area contributed by atoms with Crippen LogP contribution in [0.2, 0.25) is 5.02 Å². The van der Waals surface area contributed by atoms with Gasteiger partial charge in [0.2, 0.25) is 5.95 Å². The number of nitrogens with one attached hydrogen (secondary N) is 2. The van der Waals surface area contributed by atoms with Gasteiger partial charge in [-0.2, -0.15) is 10.1 Å². The summed E-state index contributed by atoms with van der Waals surface area (Å²) in [5.41, 5.74) is 10.8. The minimum atomic E-state index is 0.164. The SMILES string of the molecule is C=CCCC1=Cc2cc(Nc3nc(N4CCCC(CN(C)c5cccc6c(C7CCC(=C)NC7=C)nn(C)c56)C4)ncc3Cl)ccc2N(C)C1=C. The van der Waals surface area contributed by atoms with Crippen molar-refractivity contribution in [2.75, 3.05) is 53.7 Å². The average molecular weight is 702 g/mol. The first kappa shape index (κ1) is 34.4. The topological polar surface area (TPSA) is 77.4 Å². The molecule has 2 N–H and O–H groups in total. The van der Waals surface area contributed by atoms with Crippen molar-refractivity contribution in [2.45, 2.75) is 44.4 Å². The van der Waals surface area contributed by atoms with Crippen LogP contribution in [0.5, 0.6) is 0 Å². The number of benzene rings is 2. The summed E-state index contributed by atoms with van der Waals surface area (Å²) >= 11 is 6.67. The summed E-state index contributed by atoms with van der Waals surface area (Å²) in [4.78, 5) is 16.5. The molecule has 264 valence electrons. The van der Waals surface area contributed by atoms with Gasteiger partial charge in [0.1, 0.15) is 5.02 Å². The zero-order chi connectivity index (χ0) is 35.8. The molecule has 3 aliphatic rings. The molecule has 2 saturated heterocycles. The summed E-state index contributed by atoms with van der Waals surface area (Å²) in [7, 11) is 6.30.